The number of aromatic nitrogens is 2. The molecule has 0 aromatic carbocycles. The fourth-order valence-electron chi connectivity index (χ4n) is 1.13. The molecule has 64 valence electrons. The Morgan fingerprint density at radius 2 is 2.25 bits per heavy atom. The summed E-state index contributed by atoms with van der Waals surface area (Å²) in [6, 6.07) is 0. The van der Waals surface area contributed by atoms with Gasteiger partial charge >= 0.3 is 5.97 Å². The van der Waals surface area contributed by atoms with E-state index in [0.29, 0.717) is 17.8 Å². The van der Waals surface area contributed by atoms with Gasteiger partial charge in [-0.15, -0.1) is 21.5 Å². The molecule has 2 rings (SSSR count). The number of aryl methyl sites for hydroxylation is 1. The molecular formula is C7H8N2O2S. The van der Waals surface area contributed by atoms with E-state index in [-0.39, 0.29) is 0 Å². The van der Waals surface area contributed by atoms with Gasteiger partial charge in [0.25, 0.3) is 0 Å². The predicted octanol–water partition coefficient (Wildman–Crippen LogP) is 0.963. The second-order valence-electron chi connectivity index (χ2n) is 3.01. The van der Waals surface area contributed by atoms with Crippen LogP contribution in [0.3, 0.4) is 0 Å². The van der Waals surface area contributed by atoms with Gasteiger partial charge in [-0.2, -0.15) is 0 Å². The number of carbonyl (C=O) groups is 1. The third kappa shape index (κ3) is 0.929. The minimum absolute atomic E-state index is 0.660. The van der Waals surface area contributed by atoms with Crippen LogP contribution in [-0.2, 0) is 10.2 Å². The van der Waals surface area contributed by atoms with Gasteiger partial charge in [0.15, 0.2) is 0 Å². The van der Waals surface area contributed by atoms with E-state index in [1.54, 1.807) is 0 Å². The van der Waals surface area contributed by atoms with Gasteiger partial charge in [-0.05, 0) is 19.8 Å². The Balaban J connectivity index is 2.36. The average Bonchev–Trinajstić information content (AvgIpc) is 2.71. The fraction of sp³-hybridized carbons (Fsp3) is 0.571. The molecule has 0 unspecified atom stereocenters. The van der Waals surface area contributed by atoms with Crippen molar-refractivity contribution >= 4 is 17.3 Å². The maximum absolute atomic E-state index is 10.8. The molecule has 1 aromatic heterocycles. The minimum atomic E-state index is -0.765. The predicted molar refractivity (Wildman–Crippen MR) is 43.2 cm³/mol. The quantitative estimate of drug-likeness (QED) is 0.743. The second kappa shape index (κ2) is 2.26. The van der Waals surface area contributed by atoms with Crippen molar-refractivity contribution in [3.63, 3.8) is 0 Å². The highest BCUT2D eigenvalue weighted by molar-refractivity contribution is 7.11. The smallest absolute Gasteiger partial charge is 0.316 e. The van der Waals surface area contributed by atoms with E-state index >= 15 is 0 Å². The monoisotopic (exact) mass is 184 g/mol. The highest BCUT2D eigenvalue weighted by Crippen LogP contribution is 2.49. The average molecular weight is 184 g/mol. The summed E-state index contributed by atoms with van der Waals surface area (Å²) in [5.74, 6) is -0.765. The number of rotatable bonds is 2. The third-order valence-electron chi connectivity index (χ3n) is 2.09. The van der Waals surface area contributed by atoms with Crippen molar-refractivity contribution in [1.29, 1.82) is 0 Å². The lowest BCUT2D eigenvalue weighted by molar-refractivity contribution is -0.140. The van der Waals surface area contributed by atoms with Crippen LogP contribution in [0.1, 0.15) is 22.9 Å². The molecule has 12 heavy (non-hydrogen) atoms. The first kappa shape index (κ1) is 7.67. The molecule has 1 fully saturated rings. The van der Waals surface area contributed by atoms with Crippen LogP contribution in [0.2, 0.25) is 0 Å². The summed E-state index contributed by atoms with van der Waals surface area (Å²) in [5.41, 5.74) is -0.675. The number of nitrogens with zero attached hydrogens (tertiary/aromatic N) is 2. The van der Waals surface area contributed by atoms with Crippen molar-refractivity contribution < 1.29 is 9.90 Å². The van der Waals surface area contributed by atoms with Gasteiger partial charge in [-0.1, -0.05) is 0 Å². The van der Waals surface area contributed by atoms with Crippen molar-refractivity contribution in [3.8, 4) is 0 Å². The van der Waals surface area contributed by atoms with Gasteiger partial charge in [0.05, 0.1) is 0 Å². The topological polar surface area (TPSA) is 63.1 Å². The van der Waals surface area contributed by atoms with Crippen LogP contribution >= 0.6 is 11.3 Å². The fourth-order valence-corrected chi connectivity index (χ4v) is 2.06. The standard InChI is InChI=1S/C7H8N2O2S/c1-4-8-9-5(12-4)7(2-3-7)6(10)11/h2-3H2,1H3,(H,10,11). The second-order valence-corrected chi connectivity index (χ2v) is 4.20. The molecule has 1 aliphatic rings. The van der Waals surface area contributed by atoms with Crippen LogP contribution in [0, 0.1) is 6.92 Å². The van der Waals surface area contributed by atoms with Crippen molar-refractivity contribution in [2.24, 2.45) is 0 Å². The molecule has 0 radical (unpaired) electrons. The summed E-state index contributed by atoms with van der Waals surface area (Å²) in [7, 11) is 0. The molecule has 1 aliphatic carbocycles. The Bertz CT molecular complexity index is 330. The summed E-state index contributed by atoms with van der Waals surface area (Å²) in [6.07, 6.45) is 1.41. The summed E-state index contributed by atoms with van der Waals surface area (Å²) < 4.78 is 0. The number of hydrogen-bond acceptors (Lipinski definition) is 4. The number of aliphatic carboxylic acids is 1. The summed E-state index contributed by atoms with van der Waals surface area (Å²) in [5, 5.41) is 18.1. The zero-order valence-corrected chi connectivity index (χ0v) is 7.39. The van der Waals surface area contributed by atoms with E-state index in [1.165, 1.54) is 11.3 Å². The van der Waals surface area contributed by atoms with E-state index in [9.17, 15) is 4.79 Å². The number of hydrogen-bond donors (Lipinski definition) is 1. The summed E-state index contributed by atoms with van der Waals surface area (Å²) in [4.78, 5) is 10.8. The molecular weight excluding hydrogens is 176 g/mol. The van der Waals surface area contributed by atoms with Crippen molar-refractivity contribution in [3.05, 3.63) is 10.0 Å². The highest BCUT2D eigenvalue weighted by Gasteiger charge is 2.54. The molecule has 0 aliphatic heterocycles. The summed E-state index contributed by atoms with van der Waals surface area (Å²) in [6.45, 7) is 1.83. The Labute approximate surface area is 73.3 Å². The molecule has 1 saturated carbocycles. The molecule has 5 heteroatoms. The Morgan fingerprint density at radius 1 is 1.58 bits per heavy atom. The summed E-state index contributed by atoms with van der Waals surface area (Å²) >= 11 is 1.38. The van der Waals surface area contributed by atoms with Crippen LogP contribution in [0.5, 0.6) is 0 Å². The Morgan fingerprint density at radius 3 is 2.58 bits per heavy atom. The normalized spacial score (nSPS) is 19.1. The molecule has 4 nitrogen and oxygen atoms in total. The zero-order valence-electron chi connectivity index (χ0n) is 6.57. The molecule has 0 atom stereocenters. The number of carboxylic acids is 1. The molecule has 1 heterocycles. The lowest BCUT2D eigenvalue weighted by atomic mass is 10.1. The Kier molecular flexibility index (Phi) is 1.44. The van der Waals surface area contributed by atoms with E-state index in [0.717, 1.165) is 5.01 Å². The van der Waals surface area contributed by atoms with Crippen LogP contribution in [0.25, 0.3) is 0 Å². The largest absolute Gasteiger partial charge is 0.481 e. The maximum atomic E-state index is 10.8. The van der Waals surface area contributed by atoms with Gasteiger partial charge in [0, 0.05) is 0 Å². The van der Waals surface area contributed by atoms with Crippen LogP contribution in [0.4, 0.5) is 0 Å². The minimum Gasteiger partial charge on any atom is -0.481 e. The zero-order chi connectivity index (χ0) is 8.77. The van der Waals surface area contributed by atoms with Crippen molar-refractivity contribution in [2.75, 3.05) is 0 Å². The van der Waals surface area contributed by atoms with E-state index < -0.39 is 11.4 Å². The van der Waals surface area contributed by atoms with Crippen molar-refractivity contribution in [1.82, 2.24) is 10.2 Å². The molecule has 1 N–H and O–H groups in total. The highest BCUT2D eigenvalue weighted by atomic mass is 32.1. The van der Waals surface area contributed by atoms with E-state index in [2.05, 4.69) is 10.2 Å². The van der Waals surface area contributed by atoms with Gasteiger partial charge < -0.3 is 5.11 Å². The first-order valence-corrected chi connectivity index (χ1v) is 4.51. The van der Waals surface area contributed by atoms with E-state index in [4.69, 9.17) is 5.11 Å². The maximum Gasteiger partial charge on any atom is 0.316 e. The first-order chi connectivity index (χ1) is 5.65. The van der Waals surface area contributed by atoms with Crippen LogP contribution in [-0.4, -0.2) is 21.3 Å². The van der Waals surface area contributed by atoms with Crippen LogP contribution < -0.4 is 0 Å². The Hall–Kier alpha value is -0.970. The van der Waals surface area contributed by atoms with Crippen molar-refractivity contribution in [2.45, 2.75) is 25.2 Å². The van der Waals surface area contributed by atoms with E-state index in [1.807, 2.05) is 6.92 Å². The molecule has 1 aromatic rings. The van der Waals surface area contributed by atoms with Gasteiger partial charge in [-0.3, -0.25) is 4.79 Å². The SMILES string of the molecule is Cc1nnc(C2(C(=O)O)CC2)s1. The first-order valence-electron chi connectivity index (χ1n) is 3.69. The molecule has 0 amide bonds. The third-order valence-corrected chi connectivity index (χ3v) is 3.14. The lowest BCUT2D eigenvalue weighted by Crippen LogP contribution is -2.19. The number of carboxylic acid groups (broad SMARTS) is 1. The van der Waals surface area contributed by atoms with Gasteiger partial charge in [0.1, 0.15) is 15.4 Å². The molecule has 0 saturated heterocycles. The lowest BCUT2D eigenvalue weighted by Gasteiger charge is -2.01. The van der Waals surface area contributed by atoms with Gasteiger partial charge in [-0.25, -0.2) is 0 Å². The van der Waals surface area contributed by atoms with Gasteiger partial charge in [0.2, 0.25) is 0 Å². The molecule has 0 bridgehead atoms. The van der Waals surface area contributed by atoms with Crippen LogP contribution in [0.15, 0.2) is 0 Å². The molecule has 0 spiro atoms.